The number of carbonyl (C=O) groups is 2. The Bertz CT molecular complexity index is 691. The number of nitrogens with zero attached hydrogens (tertiary/aromatic N) is 1. The molecule has 0 radical (unpaired) electrons. The van der Waals surface area contributed by atoms with Crippen LogP contribution in [0.2, 0.25) is 0 Å². The van der Waals surface area contributed by atoms with Crippen molar-refractivity contribution in [2.75, 3.05) is 18.4 Å². The van der Waals surface area contributed by atoms with Gasteiger partial charge in [0.05, 0.1) is 5.56 Å². The molecule has 110 valence electrons. The van der Waals surface area contributed by atoms with Gasteiger partial charge in [-0.3, -0.25) is 4.79 Å². The molecule has 2 aromatic rings. The number of aromatic nitrogens is 1. The first kappa shape index (κ1) is 13.4. The molecule has 1 saturated carbocycles. The number of benzene rings is 1. The van der Waals surface area contributed by atoms with Crippen molar-refractivity contribution in [3.63, 3.8) is 0 Å². The first-order valence-corrected chi connectivity index (χ1v) is 6.79. The Morgan fingerprint density at radius 3 is 2.86 bits per heavy atom. The van der Waals surface area contributed by atoms with Crippen LogP contribution < -0.4 is 10.6 Å². The molecule has 0 aliphatic heterocycles. The highest BCUT2D eigenvalue weighted by molar-refractivity contribution is 5.92. The van der Waals surface area contributed by atoms with Crippen LogP contribution in [0.15, 0.2) is 22.6 Å². The molecule has 1 aromatic carbocycles. The summed E-state index contributed by atoms with van der Waals surface area (Å²) >= 11 is 0. The lowest BCUT2D eigenvalue weighted by Gasteiger charge is -2.03. The quantitative estimate of drug-likeness (QED) is 0.695. The van der Waals surface area contributed by atoms with Gasteiger partial charge < -0.3 is 20.2 Å². The molecule has 1 aromatic heterocycles. The third-order valence-corrected chi connectivity index (χ3v) is 3.28. The molecule has 7 heteroatoms. The molecule has 1 aliphatic rings. The number of aromatic carboxylic acids is 1. The average molecular weight is 289 g/mol. The summed E-state index contributed by atoms with van der Waals surface area (Å²) in [6.07, 6.45) is 1.96. The highest BCUT2D eigenvalue weighted by Crippen LogP contribution is 2.28. The van der Waals surface area contributed by atoms with Crippen LogP contribution in [0.1, 0.15) is 23.2 Å². The normalized spacial score (nSPS) is 14.1. The monoisotopic (exact) mass is 289 g/mol. The van der Waals surface area contributed by atoms with Gasteiger partial charge in [-0.2, -0.15) is 4.98 Å². The van der Waals surface area contributed by atoms with Gasteiger partial charge in [-0.1, -0.05) is 0 Å². The fraction of sp³-hybridized carbons (Fsp3) is 0.357. The summed E-state index contributed by atoms with van der Waals surface area (Å²) in [5.74, 6) is -0.713. The molecule has 0 spiro atoms. The Balaban J connectivity index is 1.56. The summed E-state index contributed by atoms with van der Waals surface area (Å²) in [4.78, 5) is 26.5. The summed E-state index contributed by atoms with van der Waals surface area (Å²) in [5.41, 5.74) is 1.16. The number of nitrogens with one attached hydrogen (secondary N) is 2. The van der Waals surface area contributed by atoms with Crippen molar-refractivity contribution in [3.05, 3.63) is 23.8 Å². The molecule has 1 amide bonds. The van der Waals surface area contributed by atoms with Crippen LogP contribution in [0, 0.1) is 5.92 Å². The van der Waals surface area contributed by atoms with Gasteiger partial charge in [-0.05, 0) is 31.0 Å². The van der Waals surface area contributed by atoms with E-state index in [0.717, 1.165) is 12.8 Å². The zero-order valence-electron chi connectivity index (χ0n) is 11.3. The minimum atomic E-state index is -1.01. The predicted molar refractivity (Wildman–Crippen MR) is 75.2 cm³/mol. The molecule has 7 nitrogen and oxygen atoms in total. The number of amides is 1. The van der Waals surface area contributed by atoms with Gasteiger partial charge in [0, 0.05) is 19.0 Å². The van der Waals surface area contributed by atoms with E-state index in [9.17, 15) is 9.59 Å². The Morgan fingerprint density at radius 2 is 2.14 bits per heavy atom. The van der Waals surface area contributed by atoms with Crippen molar-refractivity contribution in [3.8, 4) is 0 Å². The second-order valence-corrected chi connectivity index (χ2v) is 5.00. The van der Waals surface area contributed by atoms with Gasteiger partial charge in [0.2, 0.25) is 5.91 Å². The van der Waals surface area contributed by atoms with Gasteiger partial charge in [0.25, 0.3) is 6.01 Å². The maximum Gasteiger partial charge on any atom is 0.335 e. The second kappa shape index (κ2) is 5.43. The molecule has 0 bridgehead atoms. The summed E-state index contributed by atoms with van der Waals surface area (Å²) in [6, 6.07) is 4.83. The number of oxazole rings is 1. The Labute approximate surface area is 120 Å². The molecule has 0 saturated heterocycles. The Hall–Kier alpha value is -2.57. The van der Waals surface area contributed by atoms with E-state index in [2.05, 4.69) is 15.6 Å². The van der Waals surface area contributed by atoms with Crippen molar-refractivity contribution in [2.24, 2.45) is 5.92 Å². The van der Waals surface area contributed by atoms with E-state index in [-0.39, 0.29) is 17.4 Å². The first-order valence-electron chi connectivity index (χ1n) is 6.79. The van der Waals surface area contributed by atoms with Gasteiger partial charge in [0.15, 0.2) is 5.58 Å². The van der Waals surface area contributed by atoms with Crippen molar-refractivity contribution < 1.29 is 19.1 Å². The van der Waals surface area contributed by atoms with Crippen molar-refractivity contribution >= 4 is 29.0 Å². The molecule has 3 rings (SSSR count). The summed E-state index contributed by atoms with van der Waals surface area (Å²) in [6.45, 7) is 0.992. The van der Waals surface area contributed by atoms with Crippen molar-refractivity contribution in [2.45, 2.75) is 12.8 Å². The van der Waals surface area contributed by atoms with Crippen LogP contribution in [0.4, 0.5) is 6.01 Å². The lowest BCUT2D eigenvalue weighted by molar-refractivity contribution is -0.122. The van der Waals surface area contributed by atoms with E-state index in [1.807, 2.05) is 0 Å². The topological polar surface area (TPSA) is 104 Å². The van der Waals surface area contributed by atoms with Crippen LogP contribution >= 0.6 is 0 Å². The second-order valence-electron chi connectivity index (χ2n) is 5.00. The molecule has 1 fully saturated rings. The van der Waals surface area contributed by atoms with Crippen LogP contribution in [-0.4, -0.2) is 35.1 Å². The number of carbonyl (C=O) groups excluding carboxylic acids is 1. The standard InChI is InChI=1S/C14H15N3O4/c18-12(8-1-2-8)15-5-6-16-14-17-10-4-3-9(13(19)20)7-11(10)21-14/h3-4,7-8H,1-2,5-6H2,(H,15,18)(H,16,17)(H,19,20). The van der Waals surface area contributed by atoms with Crippen molar-refractivity contribution in [1.82, 2.24) is 10.3 Å². The number of anilines is 1. The Kier molecular flexibility index (Phi) is 3.47. The SMILES string of the molecule is O=C(O)c1ccc2nc(NCCNC(=O)C3CC3)oc2c1. The van der Waals surface area contributed by atoms with E-state index in [0.29, 0.717) is 30.2 Å². The number of hydrogen-bond donors (Lipinski definition) is 3. The highest BCUT2D eigenvalue weighted by Gasteiger charge is 2.28. The summed E-state index contributed by atoms with van der Waals surface area (Å²) in [7, 11) is 0. The molecule has 0 unspecified atom stereocenters. The molecular weight excluding hydrogens is 274 g/mol. The fourth-order valence-electron chi connectivity index (χ4n) is 1.98. The van der Waals surface area contributed by atoms with E-state index in [1.165, 1.54) is 12.1 Å². The third kappa shape index (κ3) is 3.13. The number of rotatable bonds is 6. The first-order chi connectivity index (χ1) is 10.1. The third-order valence-electron chi connectivity index (χ3n) is 3.28. The lowest BCUT2D eigenvalue weighted by atomic mass is 10.2. The Morgan fingerprint density at radius 1 is 1.33 bits per heavy atom. The van der Waals surface area contributed by atoms with Gasteiger partial charge in [-0.15, -0.1) is 0 Å². The van der Waals surface area contributed by atoms with E-state index >= 15 is 0 Å². The average Bonchev–Trinajstić information content (AvgIpc) is 3.23. The van der Waals surface area contributed by atoms with E-state index in [4.69, 9.17) is 9.52 Å². The lowest BCUT2D eigenvalue weighted by Crippen LogP contribution is -2.29. The molecule has 3 N–H and O–H groups in total. The number of carboxylic acid groups (broad SMARTS) is 1. The summed E-state index contributed by atoms with van der Waals surface area (Å²) in [5, 5.41) is 14.7. The molecule has 1 aliphatic carbocycles. The number of fused-ring (bicyclic) bond motifs is 1. The highest BCUT2D eigenvalue weighted by atomic mass is 16.4. The largest absolute Gasteiger partial charge is 0.478 e. The molecule has 0 atom stereocenters. The smallest absolute Gasteiger partial charge is 0.335 e. The summed E-state index contributed by atoms with van der Waals surface area (Å²) < 4.78 is 5.43. The van der Waals surface area contributed by atoms with Gasteiger partial charge >= 0.3 is 5.97 Å². The minimum Gasteiger partial charge on any atom is -0.478 e. The van der Waals surface area contributed by atoms with Crippen LogP contribution in [0.3, 0.4) is 0 Å². The minimum absolute atomic E-state index is 0.0977. The molecular formula is C14H15N3O4. The van der Waals surface area contributed by atoms with Gasteiger partial charge in [0.1, 0.15) is 5.52 Å². The maximum atomic E-state index is 11.4. The van der Waals surface area contributed by atoms with Crippen LogP contribution in [-0.2, 0) is 4.79 Å². The predicted octanol–water partition coefficient (Wildman–Crippen LogP) is 1.46. The van der Waals surface area contributed by atoms with Crippen molar-refractivity contribution in [1.29, 1.82) is 0 Å². The van der Waals surface area contributed by atoms with Gasteiger partial charge in [-0.25, -0.2) is 4.79 Å². The number of hydrogen-bond acceptors (Lipinski definition) is 5. The maximum absolute atomic E-state index is 11.4. The zero-order valence-corrected chi connectivity index (χ0v) is 11.3. The number of carboxylic acids is 1. The zero-order chi connectivity index (χ0) is 14.8. The fourth-order valence-corrected chi connectivity index (χ4v) is 1.98. The van der Waals surface area contributed by atoms with Crippen LogP contribution in [0.5, 0.6) is 0 Å². The van der Waals surface area contributed by atoms with Crippen LogP contribution in [0.25, 0.3) is 11.1 Å². The van der Waals surface area contributed by atoms with E-state index < -0.39 is 5.97 Å². The van der Waals surface area contributed by atoms with E-state index in [1.54, 1.807) is 6.07 Å². The molecule has 21 heavy (non-hydrogen) atoms. The molecule has 1 heterocycles.